The number of hydrogen-bond acceptors (Lipinski definition) is 3. The molecule has 1 atom stereocenters. The highest BCUT2D eigenvalue weighted by Gasteiger charge is 2.13. The Morgan fingerprint density at radius 3 is 3.00 bits per heavy atom. The van der Waals surface area contributed by atoms with E-state index in [0.29, 0.717) is 6.61 Å². The molecule has 3 nitrogen and oxygen atoms in total. The van der Waals surface area contributed by atoms with Gasteiger partial charge in [-0.05, 0) is 18.9 Å². The van der Waals surface area contributed by atoms with Crippen molar-refractivity contribution in [2.24, 2.45) is 0 Å². The summed E-state index contributed by atoms with van der Waals surface area (Å²) in [7, 11) is 1.67. The van der Waals surface area contributed by atoms with Gasteiger partial charge in [0.15, 0.2) is 0 Å². The molecule has 1 N–H and O–H groups in total. The van der Waals surface area contributed by atoms with Crippen LogP contribution in [0, 0.1) is 0 Å². The molecule has 80 valence electrons. The first-order valence-electron chi connectivity index (χ1n) is 5.02. The number of rotatable bonds is 6. The van der Waals surface area contributed by atoms with Crippen LogP contribution in [0.2, 0.25) is 0 Å². The smallest absolute Gasteiger partial charge is 0.109 e. The SMILES string of the molecule is CCc1occc1C(O)CCCOC. The summed E-state index contributed by atoms with van der Waals surface area (Å²) in [6.45, 7) is 2.71. The van der Waals surface area contributed by atoms with Gasteiger partial charge in [-0.25, -0.2) is 0 Å². The summed E-state index contributed by atoms with van der Waals surface area (Å²) in [6, 6.07) is 1.84. The van der Waals surface area contributed by atoms with Crippen molar-refractivity contribution in [3.05, 3.63) is 23.7 Å². The topological polar surface area (TPSA) is 42.6 Å². The Morgan fingerprint density at radius 2 is 2.36 bits per heavy atom. The van der Waals surface area contributed by atoms with E-state index in [1.807, 2.05) is 13.0 Å². The summed E-state index contributed by atoms with van der Waals surface area (Å²) in [5.74, 6) is 0.884. The first-order chi connectivity index (χ1) is 6.79. The van der Waals surface area contributed by atoms with Crippen molar-refractivity contribution >= 4 is 0 Å². The molecular weight excluding hydrogens is 180 g/mol. The number of methoxy groups -OCH3 is 1. The van der Waals surface area contributed by atoms with Crippen LogP contribution in [-0.4, -0.2) is 18.8 Å². The van der Waals surface area contributed by atoms with Gasteiger partial charge in [-0.1, -0.05) is 6.92 Å². The second kappa shape index (κ2) is 5.83. The number of hydrogen-bond donors (Lipinski definition) is 1. The van der Waals surface area contributed by atoms with Crippen LogP contribution in [-0.2, 0) is 11.2 Å². The van der Waals surface area contributed by atoms with Crippen molar-refractivity contribution in [1.29, 1.82) is 0 Å². The summed E-state index contributed by atoms with van der Waals surface area (Å²) in [6.07, 6.45) is 3.63. The third kappa shape index (κ3) is 2.86. The van der Waals surface area contributed by atoms with Crippen molar-refractivity contribution in [3.63, 3.8) is 0 Å². The van der Waals surface area contributed by atoms with Gasteiger partial charge in [-0.3, -0.25) is 0 Å². The Hall–Kier alpha value is -0.800. The van der Waals surface area contributed by atoms with Crippen molar-refractivity contribution < 1.29 is 14.3 Å². The molecule has 0 fully saturated rings. The van der Waals surface area contributed by atoms with Gasteiger partial charge < -0.3 is 14.3 Å². The number of aliphatic hydroxyl groups is 1. The zero-order chi connectivity index (χ0) is 10.4. The maximum atomic E-state index is 9.83. The van der Waals surface area contributed by atoms with E-state index in [1.54, 1.807) is 13.4 Å². The van der Waals surface area contributed by atoms with Crippen LogP contribution in [0.5, 0.6) is 0 Å². The number of furan rings is 1. The largest absolute Gasteiger partial charge is 0.469 e. The number of aliphatic hydroxyl groups excluding tert-OH is 1. The van der Waals surface area contributed by atoms with E-state index >= 15 is 0 Å². The van der Waals surface area contributed by atoms with E-state index in [-0.39, 0.29) is 0 Å². The van der Waals surface area contributed by atoms with Gasteiger partial charge in [0.05, 0.1) is 12.4 Å². The summed E-state index contributed by atoms with van der Waals surface area (Å²) in [4.78, 5) is 0. The first kappa shape index (κ1) is 11.3. The van der Waals surface area contributed by atoms with Gasteiger partial charge in [0.1, 0.15) is 5.76 Å². The van der Waals surface area contributed by atoms with Crippen LogP contribution in [0.25, 0.3) is 0 Å². The molecule has 1 heterocycles. The average Bonchev–Trinajstić information content (AvgIpc) is 2.65. The molecule has 14 heavy (non-hydrogen) atoms. The number of ether oxygens (including phenoxy) is 1. The molecule has 0 saturated heterocycles. The van der Waals surface area contributed by atoms with Gasteiger partial charge in [0.2, 0.25) is 0 Å². The van der Waals surface area contributed by atoms with Gasteiger partial charge >= 0.3 is 0 Å². The third-order valence-electron chi connectivity index (χ3n) is 2.29. The lowest BCUT2D eigenvalue weighted by Gasteiger charge is -2.09. The lowest BCUT2D eigenvalue weighted by Crippen LogP contribution is -2.01. The highest BCUT2D eigenvalue weighted by atomic mass is 16.5. The van der Waals surface area contributed by atoms with Crippen LogP contribution < -0.4 is 0 Å². The molecule has 0 aliphatic heterocycles. The van der Waals surface area contributed by atoms with Gasteiger partial charge in [0.25, 0.3) is 0 Å². The Bertz CT molecular complexity index is 255. The van der Waals surface area contributed by atoms with E-state index in [9.17, 15) is 5.11 Å². The zero-order valence-electron chi connectivity index (χ0n) is 8.82. The maximum Gasteiger partial charge on any atom is 0.109 e. The third-order valence-corrected chi connectivity index (χ3v) is 2.29. The predicted molar refractivity (Wildman–Crippen MR) is 54.2 cm³/mol. The molecule has 0 aromatic carbocycles. The molecule has 0 bridgehead atoms. The molecule has 0 saturated carbocycles. The maximum absolute atomic E-state index is 9.83. The minimum absolute atomic E-state index is 0.418. The first-order valence-corrected chi connectivity index (χ1v) is 5.02. The number of aryl methyl sites for hydroxylation is 1. The molecule has 1 rings (SSSR count). The summed E-state index contributed by atoms with van der Waals surface area (Å²) in [5, 5.41) is 9.83. The summed E-state index contributed by atoms with van der Waals surface area (Å²) < 4.78 is 10.2. The quantitative estimate of drug-likeness (QED) is 0.713. The standard InChI is InChI=1S/C11H18O3/c1-3-11-9(6-8-14-11)10(12)5-4-7-13-2/h6,8,10,12H,3-5,7H2,1-2H3. The van der Waals surface area contributed by atoms with Gasteiger partial charge in [0, 0.05) is 25.7 Å². The Labute approximate surface area is 84.7 Å². The highest BCUT2D eigenvalue weighted by molar-refractivity contribution is 5.19. The van der Waals surface area contributed by atoms with Crippen LogP contribution in [0.3, 0.4) is 0 Å². The molecular formula is C11H18O3. The monoisotopic (exact) mass is 198 g/mol. The fourth-order valence-electron chi connectivity index (χ4n) is 1.51. The molecule has 0 radical (unpaired) electrons. The molecule has 1 unspecified atom stereocenters. The van der Waals surface area contributed by atoms with E-state index in [2.05, 4.69) is 0 Å². The second-order valence-corrected chi connectivity index (χ2v) is 3.30. The minimum atomic E-state index is -0.418. The highest BCUT2D eigenvalue weighted by Crippen LogP contribution is 2.23. The average molecular weight is 198 g/mol. The molecule has 0 spiro atoms. The van der Waals surface area contributed by atoms with E-state index in [1.165, 1.54) is 0 Å². The van der Waals surface area contributed by atoms with E-state index < -0.39 is 6.10 Å². The Kier molecular flexibility index (Phi) is 4.70. The van der Waals surface area contributed by atoms with Crippen LogP contribution >= 0.6 is 0 Å². The van der Waals surface area contributed by atoms with Crippen LogP contribution in [0.1, 0.15) is 37.2 Å². The van der Waals surface area contributed by atoms with Gasteiger partial charge in [-0.15, -0.1) is 0 Å². The van der Waals surface area contributed by atoms with Crippen molar-refractivity contribution in [2.45, 2.75) is 32.3 Å². The van der Waals surface area contributed by atoms with Crippen LogP contribution in [0.15, 0.2) is 16.7 Å². The normalized spacial score (nSPS) is 13.1. The molecule has 1 aromatic heterocycles. The van der Waals surface area contributed by atoms with Crippen molar-refractivity contribution in [3.8, 4) is 0 Å². The van der Waals surface area contributed by atoms with Crippen molar-refractivity contribution in [2.75, 3.05) is 13.7 Å². The van der Waals surface area contributed by atoms with Crippen LogP contribution in [0.4, 0.5) is 0 Å². The molecule has 1 aromatic rings. The lowest BCUT2D eigenvalue weighted by molar-refractivity contribution is 0.135. The fraction of sp³-hybridized carbons (Fsp3) is 0.636. The molecule has 0 aliphatic carbocycles. The zero-order valence-corrected chi connectivity index (χ0v) is 8.82. The van der Waals surface area contributed by atoms with Crippen molar-refractivity contribution in [1.82, 2.24) is 0 Å². The molecule has 0 aliphatic rings. The Balaban J connectivity index is 2.47. The summed E-state index contributed by atoms with van der Waals surface area (Å²) >= 11 is 0. The molecule has 3 heteroatoms. The summed E-state index contributed by atoms with van der Waals surface area (Å²) in [5.41, 5.74) is 0.920. The predicted octanol–water partition coefficient (Wildman–Crippen LogP) is 2.30. The second-order valence-electron chi connectivity index (χ2n) is 3.30. The minimum Gasteiger partial charge on any atom is -0.469 e. The van der Waals surface area contributed by atoms with E-state index in [0.717, 1.165) is 30.6 Å². The Morgan fingerprint density at radius 1 is 1.57 bits per heavy atom. The van der Waals surface area contributed by atoms with E-state index in [4.69, 9.17) is 9.15 Å². The fourth-order valence-corrected chi connectivity index (χ4v) is 1.51. The molecule has 0 amide bonds. The lowest BCUT2D eigenvalue weighted by atomic mass is 10.0. The van der Waals surface area contributed by atoms with Gasteiger partial charge in [-0.2, -0.15) is 0 Å².